The fraction of sp³-hybridized carbons (Fsp3) is 0.897. The molecule has 200 valence electrons. The van der Waals surface area contributed by atoms with Crippen LogP contribution in [-0.2, 0) is 18.4 Å². The Bertz CT molecular complexity index is 843. The highest BCUT2D eigenvalue weighted by Crippen LogP contribution is 2.68. The van der Waals surface area contributed by atoms with Gasteiger partial charge in [0.15, 0.2) is 8.32 Å². The average molecular weight is 521 g/mol. The molecule has 0 radical (unpaired) electrons. The van der Waals surface area contributed by atoms with E-state index in [0.717, 1.165) is 12.8 Å². The van der Waals surface area contributed by atoms with E-state index in [-0.39, 0.29) is 17.3 Å². The molecule has 3 fully saturated rings. The summed E-state index contributed by atoms with van der Waals surface area (Å²) in [6, 6.07) is 0. The maximum absolute atomic E-state index is 12.6. The first-order valence-corrected chi connectivity index (χ1v) is 21.1. The topological polar surface area (TPSA) is 44.8 Å². The molecular formula is C29H52O4Si2. The van der Waals surface area contributed by atoms with Crippen LogP contribution in [0.4, 0.5) is 0 Å². The zero-order chi connectivity index (χ0) is 26.0. The summed E-state index contributed by atoms with van der Waals surface area (Å²) in [5.74, 6) is 3.94. The van der Waals surface area contributed by atoms with Crippen LogP contribution in [0.2, 0.25) is 39.3 Å². The number of methoxy groups -OCH3 is 1. The van der Waals surface area contributed by atoms with E-state index >= 15 is 0 Å². The summed E-state index contributed by atoms with van der Waals surface area (Å²) >= 11 is 0. The van der Waals surface area contributed by atoms with E-state index in [2.05, 4.69) is 66.1 Å². The number of ether oxygens (including phenoxy) is 1. The number of esters is 1. The monoisotopic (exact) mass is 520 g/mol. The van der Waals surface area contributed by atoms with Crippen LogP contribution < -0.4 is 0 Å². The molecule has 0 aromatic carbocycles. The first-order valence-electron chi connectivity index (χ1n) is 14.3. The summed E-state index contributed by atoms with van der Waals surface area (Å²) < 4.78 is 18.8. The van der Waals surface area contributed by atoms with Gasteiger partial charge in [-0.1, -0.05) is 20.8 Å². The number of carbonyl (C=O) groups is 1. The smallest absolute Gasteiger partial charge is 0.308 e. The summed E-state index contributed by atoms with van der Waals surface area (Å²) in [6.07, 6.45) is 11.4. The van der Waals surface area contributed by atoms with Crippen molar-refractivity contribution >= 4 is 22.6 Å². The number of fused-ring (bicyclic) bond motifs is 5. The highest BCUT2D eigenvalue weighted by atomic mass is 28.4. The van der Waals surface area contributed by atoms with Crippen LogP contribution in [0.15, 0.2) is 11.8 Å². The molecule has 4 rings (SSSR count). The van der Waals surface area contributed by atoms with Crippen molar-refractivity contribution < 1.29 is 18.4 Å². The molecule has 35 heavy (non-hydrogen) atoms. The third-order valence-electron chi connectivity index (χ3n) is 10.4. The van der Waals surface area contributed by atoms with Gasteiger partial charge in [0, 0.05) is 12.0 Å². The Morgan fingerprint density at radius 2 is 1.57 bits per heavy atom. The minimum Gasteiger partial charge on any atom is -0.547 e. The standard InChI is InChI=1S/C29H52O4Si2/c1-19(27(30)31-4)22-11-12-23-26-24(14-16-29(22,23)3)28(2)15-13-21(32-34(5,6)7)17-20(28)18-25(26)33-35(8,9)10/h18-24,26H,11-17H2,1-10H3/t19-,20?,21?,22?,23-,24-,26-,28?,29?/m0/s1. The van der Waals surface area contributed by atoms with Gasteiger partial charge in [0.05, 0.1) is 18.8 Å². The van der Waals surface area contributed by atoms with Crippen LogP contribution in [0.3, 0.4) is 0 Å². The summed E-state index contributed by atoms with van der Waals surface area (Å²) in [7, 11) is -1.77. The first-order chi connectivity index (χ1) is 16.1. The molecule has 0 saturated heterocycles. The lowest BCUT2D eigenvalue weighted by atomic mass is 9.46. The fourth-order valence-corrected chi connectivity index (χ4v) is 11.0. The fourth-order valence-electron chi connectivity index (χ4n) is 8.91. The van der Waals surface area contributed by atoms with Gasteiger partial charge in [-0.3, -0.25) is 4.79 Å². The number of rotatable bonds is 6. The van der Waals surface area contributed by atoms with Gasteiger partial charge in [0.25, 0.3) is 0 Å². The number of carbonyl (C=O) groups excluding carboxylic acids is 1. The molecule has 0 amide bonds. The number of allylic oxidation sites excluding steroid dienone is 2. The summed E-state index contributed by atoms with van der Waals surface area (Å²) in [4.78, 5) is 12.6. The molecule has 0 bridgehead atoms. The minimum atomic E-state index is -1.75. The third kappa shape index (κ3) is 5.10. The predicted molar refractivity (Wildman–Crippen MR) is 148 cm³/mol. The van der Waals surface area contributed by atoms with Gasteiger partial charge in [-0.25, -0.2) is 0 Å². The van der Waals surface area contributed by atoms with E-state index in [1.165, 1.54) is 45.0 Å². The molecular weight excluding hydrogens is 468 g/mol. The summed E-state index contributed by atoms with van der Waals surface area (Å²) in [5.41, 5.74) is 0.502. The van der Waals surface area contributed by atoms with Gasteiger partial charge >= 0.3 is 5.97 Å². The van der Waals surface area contributed by atoms with Crippen molar-refractivity contribution in [2.45, 2.75) is 111 Å². The lowest BCUT2D eigenvalue weighted by Crippen LogP contribution is -2.55. The van der Waals surface area contributed by atoms with Gasteiger partial charge in [-0.05, 0) is 125 Å². The molecule has 0 spiro atoms. The summed E-state index contributed by atoms with van der Waals surface area (Å²) in [5, 5.41) is 0. The van der Waals surface area contributed by atoms with Crippen molar-refractivity contribution in [3.05, 3.63) is 11.8 Å². The number of hydrogen-bond donors (Lipinski definition) is 0. The normalized spacial score (nSPS) is 42.3. The SMILES string of the molecule is COC(=O)[C@@H](C)C1CC[C@H]2[C@@H]3C(O[Si](C)(C)C)=CC4CC(O[Si](C)(C)C)CCC4(C)[C@H]3CCC12C. The molecule has 9 atom stereocenters. The van der Waals surface area contributed by atoms with Crippen LogP contribution in [0, 0.1) is 46.3 Å². The van der Waals surface area contributed by atoms with Crippen molar-refractivity contribution in [3.8, 4) is 0 Å². The second kappa shape index (κ2) is 9.30. The van der Waals surface area contributed by atoms with Gasteiger partial charge in [-0.15, -0.1) is 0 Å². The van der Waals surface area contributed by atoms with E-state index in [0.29, 0.717) is 41.1 Å². The highest BCUT2D eigenvalue weighted by Gasteiger charge is 2.62. The lowest BCUT2D eigenvalue weighted by molar-refractivity contribution is -0.150. The second-order valence-corrected chi connectivity index (χ2v) is 23.7. The van der Waals surface area contributed by atoms with Crippen LogP contribution in [0.25, 0.3) is 0 Å². The maximum atomic E-state index is 12.6. The molecule has 6 heteroatoms. The van der Waals surface area contributed by atoms with Gasteiger partial charge < -0.3 is 13.6 Å². The Hall–Kier alpha value is -0.596. The van der Waals surface area contributed by atoms with E-state index in [4.69, 9.17) is 13.6 Å². The predicted octanol–water partition coefficient (Wildman–Crippen LogP) is 7.63. The maximum Gasteiger partial charge on any atom is 0.308 e. The summed E-state index contributed by atoms with van der Waals surface area (Å²) in [6.45, 7) is 21.1. The minimum absolute atomic E-state index is 0.0297. The molecule has 3 saturated carbocycles. The molecule has 4 aliphatic carbocycles. The molecule has 0 N–H and O–H groups in total. The van der Waals surface area contributed by atoms with Crippen LogP contribution >= 0.6 is 0 Å². The zero-order valence-electron chi connectivity index (χ0n) is 24.2. The second-order valence-electron chi connectivity index (χ2n) is 14.8. The van der Waals surface area contributed by atoms with Crippen LogP contribution in [0.5, 0.6) is 0 Å². The molecule has 0 aliphatic heterocycles. The Kier molecular flexibility index (Phi) is 7.29. The van der Waals surface area contributed by atoms with Crippen molar-refractivity contribution in [1.82, 2.24) is 0 Å². The molecule has 0 heterocycles. The molecule has 0 aromatic rings. The average Bonchev–Trinajstić information content (AvgIpc) is 3.08. The van der Waals surface area contributed by atoms with Crippen LogP contribution in [-0.4, -0.2) is 35.8 Å². The zero-order valence-corrected chi connectivity index (χ0v) is 26.2. The Balaban J connectivity index is 1.69. The Morgan fingerprint density at radius 3 is 2.17 bits per heavy atom. The molecule has 5 unspecified atom stereocenters. The van der Waals surface area contributed by atoms with Crippen molar-refractivity contribution in [2.75, 3.05) is 7.11 Å². The molecule has 4 nitrogen and oxygen atoms in total. The molecule has 4 aliphatic rings. The molecule has 0 aromatic heterocycles. The highest BCUT2D eigenvalue weighted by molar-refractivity contribution is 6.70. The van der Waals surface area contributed by atoms with E-state index in [1.54, 1.807) is 0 Å². The van der Waals surface area contributed by atoms with Gasteiger partial charge in [0.1, 0.15) is 0 Å². The number of hydrogen-bond acceptors (Lipinski definition) is 4. The Morgan fingerprint density at radius 1 is 0.943 bits per heavy atom. The van der Waals surface area contributed by atoms with Crippen molar-refractivity contribution in [3.63, 3.8) is 0 Å². The van der Waals surface area contributed by atoms with E-state index in [9.17, 15) is 4.79 Å². The van der Waals surface area contributed by atoms with Gasteiger partial charge in [0.2, 0.25) is 8.32 Å². The largest absolute Gasteiger partial charge is 0.547 e. The van der Waals surface area contributed by atoms with Crippen molar-refractivity contribution in [1.29, 1.82) is 0 Å². The quantitative estimate of drug-likeness (QED) is 0.267. The Labute approximate surface area is 217 Å². The first kappa shape index (κ1) is 27.4. The van der Waals surface area contributed by atoms with Gasteiger partial charge in [-0.2, -0.15) is 0 Å². The third-order valence-corrected chi connectivity index (χ3v) is 12.3. The lowest BCUT2D eigenvalue weighted by Gasteiger charge is -2.60. The van der Waals surface area contributed by atoms with E-state index in [1.807, 2.05) is 0 Å². The van der Waals surface area contributed by atoms with E-state index < -0.39 is 16.6 Å². The van der Waals surface area contributed by atoms with Crippen molar-refractivity contribution in [2.24, 2.45) is 46.3 Å². The van der Waals surface area contributed by atoms with Crippen LogP contribution in [0.1, 0.15) is 65.7 Å².